The fraction of sp³-hybridized carbons (Fsp3) is 0.286. The fourth-order valence-corrected chi connectivity index (χ4v) is 1.47. The molecule has 0 spiro atoms. The Kier molecular flexibility index (Phi) is 2.27. The van der Waals surface area contributed by atoms with Crippen molar-refractivity contribution in [1.82, 2.24) is 4.98 Å². The first-order chi connectivity index (χ1) is 4.75. The van der Waals surface area contributed by atoms with Crippen molar-refractivity contribution in [3.05, 3.63) is 33.7 Å². The lowest BCUT2D eigenvalue weighted by Gasteiger charge is -1.96. The number of rotatable bonds is 1. The van der Waals surface area contributed by atoms with Crippen LogP contribution in [-0.4, -0.2) is 4.98 Å². The van der Waals surface area contributed by atoms with E-state index in [-0.39, 0.29) is 5.56 Å². The van der Waals surface area contributed by atoms with Gasteiger partial charge in [0.15, 0.2) is 0 Å². The van der Waals surface area contributed by atoms with E-state index in [1.165, 1.54) is 0 Å². The Hall–Kier alpha value is -0.570. The number of hydrogen-bond donors (Lipinski definition) is 1. The molecule has 0 aliphatic rings. The third kappa shape index (κ3) is 1.29. The third-order valence-electron chi connectivity index (χ3n) is 1.43. The summed E-state index contributed by atoms with van der Waals surface area (Å²) >= 11 is 3.24. The Morgan fingerprint density at radius 3 is 2.80 bits per heavy atom. The zero-order valence-corrected chi connectivity index (χ0v) is 7.23. The van der Waals surface area contributed by atoms with Crippen LogP contribution < -0.4 is 5.56 Å². The largest absolute Gasteiger partial charge is 0.329 e. The number of aromatic nitrogens is 1. The first-order valence-corrected chi connectivity index (χ1v) is 4.11. The van der Waals surface area contributed by atoms with E-state index in [0.29, 0.717) is 5.33 Å². The number of aromatic amines is 1. The van der Waals surface area contributed by atoms with Crippen molar-refractivity contribution in [3.63, 3.8) is 0 Å². The van der Waals surface area contributed by atoms with Gasteiger partial charge < -0.3 is 4.98 Å². The highest BCUT2D eigenvalue weighted by Crippen LogP contribution is 2.03. The number of hydrogen-bond acceptors (Lipinski definition) is 1. The van der Waals surface area contributed by atoms with E-state index in [0.717, 1.165) is 11.1 Å². The Balaban J connectivity index is 3.31. The summed E-state index contributed by atoms with van der Waals surface area (Å²) in [6.07, 6.45) is 1.66. The summed E-state index contributed by atoms with van der Waals surface area (Å²) in [6.45, 7) is 1.92. The molecule has 0 bridgehead atoms. The maximum Gasteiger partial charge on any atom is 0.252 e. The predicted molar refractivity (Wildman–Crippen MR) is 44.4 cm³/mol. The summed E-state index contributed by atoms with van der Waals surface area (Å²) in [5.41, 5.74) is 1.83. The van der Waals surface area contributed by atoms with E-state index >= 15 is 0 Å². The number of nitrogens with one attached hydrogen (secondary N) is 1. The number of H-pyrrole nitrogens is 1. The van der Waals surface area contributed by atoms with Crippen LogP contribution in [0.4, 0.5) is 0 Å². The van der Waals surface area contributed by atoms with Gasteiger partial charge >= 0.3 is 0 Å². The molecule has 1 N–H and O–H groups in total. The Morgan fingerprint density at radius 1 is 1.70 bits per heavy atom. The molecule has 0 radical (unpaired) electrons. The van der Waals surface area contributed by atoms with E-state index in [1.807, 2.05) is 13.0 Å². The molecular formula is C7H8BrNO. The van der Waals surface area contributed by atoms with E-state index < -0.39 is 0 Å². The van der Waals surface area contributed by atoms with Crippen molar-refractivity contribution in [2.75, 3.05) is 0 Å². The minimum absolute atomic E-state index is 0.00289. The van der Waals surface area contributed by atoms with Gasteiger partial charge in [0, 0.05) is 17.1 Å². The van der Waals surface area contributed by atoms with Crippen LogP contribution in [-0.2, 0) is 5.33 Å². The first-order valence-electron chi connectivity index (χ1n) is 2.99. The van der Waals surface area contributed by atoms with E-state index in [1.54, 1.807) is 6.20 Å². The first kappa shape index (κ1) is 7.54. The Bertz CT molecular complexity index is 279. The molecule has 10 heavy (non-hydrogen) atoms. The quantitative estimate of drug-likeness (QED) is 0.689. The molecule has 1 aromatic rings. The average molecular weight is 202 g/mol. The van der Waals surface area contributed by atoms with Gasteiger partial charge in [0.25, 0.3) is 5.56 Å². The number of alkyl halides is 1. The van der Waals surface area contributed by atoms with Gasteiger partial charge in [0.1, 0.15) is 0 Å². The predicted octanol–water partition coefficient (Wildman–Crippen LogP) is 1.58. The van der Waals surface area contributed by atoms with E-state index in [9.17, 15) is 4.79 Å². The van der Waals surface area contributed by atoms with E-state index in [4.69, 9.17) is 0 Å². The van der Waals surface area contributed by atoms with Gasteiger partial charge in [0.05, 0.1) is 0 Å². The molecule has 0 aliphatic heterocycles. The topological polar surface area (TPSA) is 32.9 Å². The second-order valence-corrected chi connectivity index (χ2v) is 2.66. The minimum Gasteiger partial charge on any atom is -0.329 e. The highest BCUT2D eigenvalue weighted by atomic mass is 79.9. The van der Waals surface area contributed by atoms with Gasteiger partial charge in [-0.25, -0.2) is 0 Å². The summed E-state index contributed by atoms with van der Waals surface area (Å²) in [5.74, 6) is 0. The molecule has 0 aromatic carbocycles. The fourth-order valence-electron chi connectivity index (χ4n) is 0.775. The molecule has 1 aromatic heterocycles. The molecule has 54 valence electrons. The van der Waals surface area contributed by atoms with Crippen LogP contribution in [0.15, 0.2) is 17.1 Å². The van der Waals surface area contributed by atoms with Crippen LogP contribution in [0.5, 0.6) is 0 Å². The monoisotopic (exact) mass is 201 g/mol. The Morgan fingerprint density at radius 2 is 2.40 bits per heavy atom. The molecule has 0 aliphatic carbocycles. The van der Waals surface area contributed by atoms with Crippen molar-refractivity contribution in [2.24, 2.45) is 0 Å². The molecule has 1 heterocycles. The van der Waals surface area contributed by atoms with Gasteiger partial charge in [0.2, 0.25) is 0 Å². The summed E-state index contributed by atoms with van der Waals surface area (Å²) in [5, 5.41) is 0.620. The van der Waals surface area contributed by atoms with Crippen molar-refractivity contribution in [3.8, 4) is 0 Å². The molecule has 0 saturated heterocycles. The van der Waals surface area contributed by atoms with Crippen molar-refractivity contribution < 1.29 is 0 Å². The number of pyridine rings is 1. The zero-order chi connectivity index (χ0) is 7.56. The van der Waals surface area contributed by atoms with E-state index in [2.05, 4.69) is 20.9 Å². The van der Waals surface area contributed by atoms with Crippen LogP contribution in [0.2, 0.25) is 0 Å². The lowest BCUT2D eigenvalue weighted by molar-refractivity contribution is 1.13. The van der Waals surface area contributed by atoms with Gasteiger partial charge in [-0.3, -0.25) is 4.79 Å². The molecule has 0 fully saturated rings. The normalized spacial score (nSPS) is 9.80. The molecule has 0 atom stereocenters. The molecule has 2 nitrogen and oxygen atoms in total. The third-order valence-corrected chi connectivity index (χ3v) is 1.99. The number of aryl methyl sites for hydroxylation is 1. The van der Waals surface area contributed by atoms with Crippen LogP contribution in [0, 0.1) is 6.92 Å². The van der Waals surface area contributed by atoms with Crippen molar-refractivity contribution in [1.29, 1.82) is 0 Å². The minimum atomic E-state index is -0.00289. The lowest BCUT2D eigenvalue weighted by atomic mass is 10.2. The van der Waals surface area contributed by atoms with Gasteiger partial charge in [-0.05, 0) is 18.6 Å². The molecule has 3 heteroatoms. The van der Waals surface area contributed by atoms with Gasteiger partial charge in [-0.2, -0.15) is 0 Å². The second kappa shape index (κ2) is 3.01. The molecule has 0 unspecified atom stereocenters. The van der Waals surface area contributed by atoms with Crippen molar-refractivity contribution >= 4 is 15.9 Å². The second-order valence-electron chi connectivity index (χ2n) is 2.10. The van der Waals surface area contributed by atoms with Crippen molar-refractivity contribution in [2.45, 2.75) is 12.3 Å². The Labute approximate surface area is 67.4 Å². The summed E-state index contributed by atoms with van der Waals surface area (Å²) in [6, 6.07) is 1.89. The highest BCUT2D eigenvalue weighted by molar-refractivity contribution is 9.08. The highest BCUT2D eigenvalue weighted by Gasteiger charge is 1.98. The molecular weight excluding hydrogens is 194 g/mol. The summed E-state index contributed by atoms with van der Waals surface area (Å²) < 4.78 is 0. The molecule has 0 amide bonds. The standard InChI is InChI=1S/C7H8BrNO/c1-5-2-3-9-7(10)6(5)4-8/h2-3H,4H2,1H3,(H,9,10). The summed E-state index contributed by atoms with van der Waals surface area (Å²) in [4.78, 5) is 13.6. The zero-order valence-electron chi connectivity index (χ0n) is 5.65. The van der Waals surface area contributed by atoms with Gasteiger partial charge in [-0.1, -0.05) is 15.9 Å². The smallest absolute Gasteiger partial charge is 0.252 e. The van der Waals surface area contributed by atoms with Crippen LogP contribution in [0.25, 0.3) is 0 Å². The van der Waals surface area contributed by atoms with Crippen LogP contribution >= 0.6 is 15.9 Å². The van der Waals surface area contributed by atoms with Gasteiger partial charge in [-0.15, -0.1) is 0 Å². The molecule has 1 rings (SSSR count). The van der Waals surface area contributed by atoms with Crippen LogP contribution in [0.1, 0.15) is 11.1 Å². The lowest BCUT2D eigenvalue weighted by Crippen LogP contribution is -2.11. The number of halogens is 1. The summed E-state index contributed by atoms with van der Waals surface area (Å²) in [7, 11) is 0. The van der Waals surface area contributed by atoms with Crippen LogP contribution in [0.3, 0.4) is 0 Å². The maximum atomic E-state index is 11.0. The average Bonchev–Trinajstić information content (AvgIpc) is 1.88. The molecule has 0 saturated carbocycles. The SMILES string of the molecule is Cc1cc[nH]c(=O)c1CBr. The maximum absolute atomic E-state index is 11.0.